The first-order chi connectivity index (χ1) is 8.93. The second-order valence-corrected chi connectivity index (χ2v) is 5.42. The van der Waals surface area contributed by atoms with E-state index < -0.39 is 0 Å². The van der Waals surface area contributed by atoms with Crippen LogP contribution >= 0.6 is 0 Å². The van der Waals surface area contributed by atoms with Crippen molar-refractivity contribution in [2.45, 2.75) is 38.1 Å². The zero-order valence-electron chi connectivity index (χ0n) is 10.3. The summed E-state index contributed by atoms with van der Waals surface area (Å²) in [4.78, 5) is 11.2. The van der Waals surface area contributed by atoms with E-state index in [1.807, 2.05) is 6.20 Å². The molecule has 0 spiro atoms. The Balaban J connectivity index is 1.79. The molecule has 4 rings (SSSR count). The maximum atomic E-state index is 4.52. The van der Waals surface area contributed by atoms with Crippen LogP contribution in [-0.2, 0) is 0 Å². The molecule has 18 heavy (non-hydrogen) atoms. The Labute approximate surface area is 106 Å². The molecule has 0 aromatic carbocycles. The van der Waals surface area contributed by atoms with Crippen molar-refractivity contribution < 1.29 is 0 Å². The minimum atomic E-state index is 0.687. The highest BCUT2D eigenvalue weighted by Crippen LogP contribution is 2.39. The number of hydrogen-bond donors (Lipinski definition) is 1. The van der Waals surface area contributed by atoms with Gasteiger partial charge in [-0.15, -0.1) is 0 Å². The molecule has 0 unspecified atom stereocenters. The molecule has 1 aliphatic heterocycles. The van der Waals surface area contributed by atoms with Gasteiger partial charge in [0.2, 0.25) is 0 Å². The number of nitrogens with zero attached hydrogens (tertiary/aromatic N) is 4. The van der Waals surface area contributed by atoms with Crippen molar-refractivity contribution >= 4 is 16.9 Å². The molecule has 2 aliphatic rings. The van der Waals surface area contributed by atoms with Gasteiger partial charge in [0.15, 0.2) is 5.65 Å². The van der Waals surface area contributed by atoms with Gasteiger partial charge in [-0.1, -0.05) is 6.42 Å². The van der Waals surface area contributed by atoms with Crippen LogP contribution in [-0.4, -0.2) is 32.8 Å². The van der Waals surface area contributed by atoms with Crippen molar-refractivity contribution in [2.75, 3.05) is 11.4 Å². The summed E-state index contributed by atoms with van der Waals surface area (Å²) in [5, 5.41) is 8.08. The molecule has 5 heteroatoms. The topological polar surface area (TPSA) is 57.7 Å². The highest BCUT2D eigenvalue weighted by Gasteiger charge is 2.36. The Morgan fingerprint density at radius 3 is 3.11 bits per heavy atom. The van der Waals surface area contributed by atoms with Crippen LogP contribution in [0.15, 0.2) is 12.5 Å². The van der Waals surface area contributed by atoms with Gasteiger partial charge in [-0.05, 0) is 31.6 Å². The van der Waals surface area contributed by atoms with Gasteiger partial charge in [0.1, 0.15) is 12.1 Å². The zero-order chi connectivity index (χ0) is 11.9. The number of hydrogen-bond acceptors (Lipinski definition) is 4. The quantitative estimate of drug-likeness (QED) is 0.833. The van der Waals surface area contributed by atoms with Gasteiger partial charge in [0.05, 0.1) is 11.6 Å². The maximum Gasteiger partial charge on any atom is 0.160 e. The largest absolute Gasteiger partial charge is 0.353 e. The molecule has 2 aromatic heterocycles. The third kappa shape index (κ3) is 1.43. The van der Waals surface area contributed by atoms with Gasteiger partial charge in [0.25, 0.3) is 0 Å². The van der Waals surface area contributed by atoms with Gasteiger partial charge >= 0.3 is 0 Å². The standard InChI is InChI=1S/C13H17N5/c1-3-9-4-2-6-18(11(9)5-1)13-10-7-16-17-12(10)14-8-15-13/h7-9,11H,1-6H2,(H,14,15,16,17)/t9-,11-/m1/s1. The third-order valence-corrected chi connectivity index (χ3v) is 4.49. The predicted octanol–water partition coefficient (Wildman–Crippen LogP) is 2.12. The van der Waals surface area contributed by atoms with E-state index in [0.29, 0.717) is 6.04 Å². The lowest BCUT2D eigenvalue weighted by Crippen LogP contribution is -2.43. The zero-order valence-corrected chi connectivity index (χ0v) is 10.3. The Kier molecular flexibility index (Phi) is 2.25. The lowest BCUT2D eigenvalue weighted by molar-refractivity contribution is 0.361. The molecular formula is C13H17N5. The molecule has 1 aliphatic carbocycles. The van der Waals surface area contributed by atoms with Crippen molar-refractivity contribution in [1.29, 1.82) is 0 Å². The van der Waals surface area contributed by atoms with Crippen LogP contribution in [0.1, 0.15) is 32.1 Å². The fourth-order valence-electron chi connectivity index (χ4n) is 3.70. The second-order valence-electron chi connectivity index (χ2n) is 5.42. The first-order valence-electron chi connectivity index (χ1n) is 6.84. The summed E-state index contributed by atoms with van der Waals surface area (Å²) >= 11 is 0. The highest BCUT2D eigenvalue weighted by molar-refractivity contribution is 5.86. The monoisotopic (exact) mass is 243 g/mol. The van der Waals surface area contributed by atoms with Gasteiger partial charge in [-0.25, -0.2) is 9.97 Å². The first-order valence-corrected chi connectivity index (χ1v) is 6.84. The number of anilines is 1. The summed E-state index contributed by atoms with van der Waals surface area (Å²) in [6, 6.07) is 0.687. The van der Waals surface area contributed by atoms with Crippen LogP contribution in [0.2, 0.25) is 0 Å². The van der Waals surface area contributed by atoms with Crippen LogP contribution in [0.25, 0.3) is 11.0 Å². The lowest BCUT2D eigenvalue weighted by atomic mass is 9.92. The number of H-pyrrole nitrogens is 1. The number of fused-ring (bicyclic) bond motifs is 2. The predicted molar refractivity (Wildman–Crippen MR) is 69.4 cm³/mol. The molecule has 1 saturated heterocycles. The Hall–Kier alpha value is -1.65. The van der Waals surface area contributed by atoms with Gasteiger partial charge in [0, 0.05) is 12.6 Å². The number of aromatic nitrogens is 4. The molecule has 5 nitrogen and oxygen atoms in total. The minimum absolute atomic E-state index is 0.687. The third-order valence-electron chi connectivity index (χ3n) is 4.49. The smallest absolute Gasteiger partial charge is 0.160 e. The van der Waals surface area contributed by atoms with E-state index in [2.05, 4.69) is 25.1 Å². The molecule has 0 bridgehead atoms. The molecule has 0 amide bonds. The first kappa shape index (κ1) is 10.3. The fraction of sp³-hybridized carbons (Fsp3) is 0.615. The Bertz CT molecular complexity index is 563. The maximum absolute atomic E-state index is 4.52. The number of nitrogens with one attached hydrogen (secondary N) is 1. The number of aromatic amines is 1. The number of piperidine rings is 1. The molecule has 1 saturated carbocycles. The summed E-state index contributed by atoms with van der Waals surface area (Å²) in [5.74, 6) is 1.95. The SMILES string of the molecule is c1nc(N2CCC[C@H]3CCC[C@H]32)c2cn[nH]c2n1. The summed E-state index contributed by atoms with van der Waals surface area (Å²) < 4.78 is 0. The Morgan fingerprint density at radius 1 is 1.17 bits per heavy atom. The molecule has 2 atom stereocenters. The van der Waals surface area contributed by atoms with Crippen molar-refractivity contribution in [2.24, 2.45) is 5.92 Å². The molecule has 1 N–H and O–H groups in total. The van der Waals surface area contributed by atoms with Crippen molar-refractivity contribution in [1.82, 2.24) is 20.2 Å². The van der Waals surface area contributed by atoms with E-state index in [-0.39, 0.29) is 0 Å². The van der Waals surface area contributed by atoms with Crippen molar-refractivity contribution in [3.8, 4) is 0 Å². The van der Waals surface area contributed by atoms with E-state index in [9.17, 15) is 0 Å². The van der Waals surface area contributed by atoms with E-state index >= 15 is 0 Å². The molecule has 0 radical (unpaired) electrons. The average Bonchev–Trinajstić information content (AvgIpc) is 3.06. The average molecular weight is 243 g/mol. The van der Waals surface area contributed by atoms with Crippen molar-refractivity contribution in [3.63, 3.8) is 0 Å². The summed E-state index contributed by atoms with van der Waals surface area (Å²) in [7, 11) is 0. The van der Waals surface area contributed by atoms with Crippen LogP contribution in [0.5, 0.6) is 0 Å². The van der Waals surface area contributed by atoms with Crippen LogP contribution in [0, 0.1) is 5.92 Å². The lowest BCUT2D eigenvalue weighted by Gasteiger charge is -2.38. The second kappa shape index (κ2) is 3.93. The van der Waals surface area contributed by atoms with E-state index in [4.69, 9.17) is 0 Å². The highest BCUT2D eigenvalue weighted by atomic mass is 15.2. The van der Waals surface area contributed by atoms with Crippen LogP contribution in [0.4, 0.5) is 5.82 Å². The summed E-state index contributed by atoms with van der Waals surface area (Å²) in [6.07, 6.45) is 10.2. The van der Waals surface area contributed by atoms with E-state index in [1.165, 1.54) is 32.1 Å². The molecular weight excluding hydrogens is 226 g/mol. The number of rotatable bonds is 1. The molecule has 94 valence electrons. The Morgan fingerprint density at radius 2 is 2.11 bits per heavy atom. The summed E-state index contributed by atoms with van der Waals surface area (Å²) in [5.41, 5.74) is 0.847. The van der Waals surface area contributed by atoms with Crippen molar-refractivity contribution in [3.05, 3.63) is 12.5 Å². The van der Waals surface area contributed by atoms with Crippen LogP contribution in [0.3, 0.4) is 0 Å². The van der Waals surface area contributed by atoms with Gasteiger partial charge < -0.3 is 4.90 Å². The van der Waals surface area contributed by atoms with Gasteiger partial charge in [-0.2, -0.15) is 5.10 Å². The molecule has 3 heterocycles. The fourth-order valence-corrected chi connectivity index (χ4v) is 3.70. The van der Waals surface area contributed by atoms with E-state index in [1.54, 1.807) is 6.33 Å². The normalized spacial score (nSPS) is 27.7. The minimum Gasteiger partial charge on any atom is -0.353 e. The summed E-state index contributed by atoms with van der Waals surface area (Å²) in [6.45, 7) is 1.12. The molecule has 2 fully saturated rings. The van der Waals surface area contributed by atoms with Crippen LogP contribution < -0.4 is 4.90 Å². The molecule has 2 aromatic rings. The van der Waals surface area contributed by atoms with E-state index in [0.717, 1.165) is 29.3 Å². The van der Waals surface area contributed by atoms with Gasteiger partial charge in [-0.3, -0.25) is 5.10 Å².